The lowest BCUT2D eigenvalue weighted by Crippen LogP contribution is -2.15. The van der Waals surface area contributed by atoms with Gasteiger partial charge in [0.15, 0.2) is 0 Å². The molecule has 2 aromatic carbocycles. The van der Waals surface area contributed by atoms with Crippen LogP contribution in [-0.2, 0) is 6.42 Å². The zero-order valence-corrected chi connectivity index (χ0v) is 12.0. The Morgan fingerprint density at radius 2 is 2.00 bits per heavy atom. The molecule has 20 heavy (non-hydrogen) atoms. The number of halogens is 2. The van der Waals surface area contributed by atoms with Gasteiger partial charge in [0.1, 0.15) is 5.82 Å². The lowest BCUT2D eigenvalue weighted by atomic mass is 9.98. The molecule has 0 aliphatic rings. The highest BCUT2D eigenvalue weighted by Gasteiger charge is 2.18. The summed E-state index contributed by atoms with van der Waals surface area (Å²) in [4.78, 5) is 10.5. The summed E-state index contributed by atoms with van der Waals surface area (Å²) in [7, 11) is 0. The highest BCUT2D eigenvalue weighted by Crippen LogP contribution is 2.26. The van der Waals surface area contributed by atoms with E-state index in [4.69, 9.17) is 5.73 Å². The summed E-state index contributed by atoms with van der Waals surface area (Å²) in [5, 5.41) is 10.9. The van der Waals surface area contributed by atoms with Crippen LogP contribution in [0.2, 0.25) is 0 Å². The van der Waals surface area contributed by atoms with Crippen LogP contribution in [0.25, 0.3) is 0 Å². The van der Waals surface area contributed by atoms with Crippen LogP contribution < -0.4 is 5.73 Å². The summed E-state index contributed by atoms with van der Waals surface area (Å²) in [6, 6.07) is 10.2. The number of para-hydroxylation sites is 1. The van der Waals surface area contributed by atoms with Gasteiger partial charge in [-0.15, -0.1) is 0 Å². The van der Waals surface area contributed by atoms with E-state index in [1.165, 1.54) is 12.1 Å². The van der Waals surface area contributed by atoms with Gasteiger partial charge in [0.05, 0.1) is 4.92 Å². The van der Waals surface area contributed by atoms with E-state index in [0.717, 1.165) is 0 Å². The molecule has 2 aromatic rings. The zero-order chi connectivity index (χ0) is 14.7. The first-order valence-electron chi connectivity index (χ1n) is 5.92. The van der Waals surface area contributed by atoms with E-state index < -0.39 is 16.8 Å². The monoisotopic (exact) mass is 338 g/mol. The van der Waals surface area contributed by atoms with Crippen molar-refractivity contribution in [2.45, 2.75) is 12.5 Å². The second kappa shape index (κ2) is 6.11. The van der Waals surface area contributed by atoms with E-state index in [1.807, 2.05) is 0 Å². The molecule has 0 aromatic heterocycles. The van der Waals surface area contributed by atoms with Gasteiger partial charge in [-0.05, 0) is 24.6 Å². The number of nitrogens with zero attached hydrogens (tertiary/aromatic N) is 1. The van der Waals surface area contributed by atoms with Crippen molar-refractivity contribution >= 4 is 21.6 Å². The van der Waals surface area contributed by atoms with Gasteiger partial charge >= 0.3 is 0 Å². The van der Waals surface area contributed by atoms with Crippen molar-refractivity contribution in [3.05, 3.63) is 74.0 Å². The van der Waals surface area contributed by atoms with E-state index in [2.05, 4.69) is 15.9 Å². The number of benzene rings is 2. The summed E-state index contributed by atoms with van der Waals surface area (Å²) < 4.78 is 14.5. The van der Waals surface area contributed by atoms with Gasteiger partial charge in [0, 0.05) is 27.7 Å². The summed E-state index contributed by atoms with van der Waals surface area (Å²) in [6.07, 6.45) is 0.199. The number of nitro groups is 1. The predicted molar refractivity (Wildman–Crippen MR) is 77.8 cm³/mol. The fourth-order valence-electron chi connectivity index (χ4n) is 2.01. The second-order valence-corrected chi connectivity index (χ2v) is 5.28. The molecule has 0 fully saturated rings. The van der Waals surface area contributed by atoms with Gasteiger partial charge in [-0.25, -0.2) is 4.39 Å². The smallest absolute Gasteiger partial charge is 0.272 e. The fourth-order valence-corrected chi connectivity index (χ4v) is 2.39. The molecule has 1 unspecified atom stereocenters. The van der Waals surface area contributed by atoms with Crippen molar-refractivity contribution in [1.82, 2.24) is 0 Å². The average Bonchev–Trinajstić information content (AvgIpc) is 2.41. The van der Waals surface area contributed by atoms with Gasteiger partial charge < -0.3 is 5.73 Å². The molecule has 0 bridgehead atoms. The first-order valence-corrected chi connectivity index (χ1v) is 6.71. The van der Waals surface area contributed by atoms with Gasteiger partial charge in [-0.1, -0.05) is 34.1 Å². The van der Waals surface area contributed by atoms with Crippen LogP contribution in [-0.4, -0.2) is 4.92 Å². The molecular formula is C14H12BrFN2O2. The maximum atomic E-state index is 13.7. The van der Waals surface area contributed by atoms with Crippen LogP contribution >= 0.6 is 15.9 Å². The van der Waals surface area contributed by atoms with Crippen molar-refractivity contribution < 1.29 is 9.31 Å². The van der Waals surface area contributed by atoms with E-state index in [9.17, 15) is 14.5 Å². The molecule has 6 heteroatoms. The summed E-state index contributed by atoms with van der Waals surface area (Å²) in [5.74, 6) is -0.417. The quantitative estimate of drug-likeness (QED) is 0.681. The molecular weight excluding hydrogens is 327 g/mol. The summed E-state index contributed by atoms with van der Waals surface area (Å²) >= 11 is 3.26. The van der Waals surface area contributed by atoms with Crippen LogP contribution in [0.4, 0.5) is 10.1 Å². The SMILES string of the molecule is NC(Cc1ccccc1[N+](=O)[O-])c1cc(Br)ccc1F. The Hall–Kier alpha value is -1.79. The molecule has 2 rings (SSSR count). The maximum absolute atomic E-state index is 13.7. The topological polar surface area (TPSA) is 69.2 Å². The van der Waals surface area contributed by atoms with Crippen LogP contribution in [0.3, 0.4) is 0 Å². The Labute approximate surface area is 123 Å². The van der Waals surface area contributed by atoms with Crippen LogP contribution in [0.15, 0.2) is 46.9 Å². The van der Waals surface area contributed by atoms with Gasteiger partial charge in [0.25, 0.3) is 5.69 Å². The molecule has 1 atom stereocenters. The van der Waals surface area contributed by atoms with Gasteiger partial charge in [-0.3, -0.25) is 10.1 Å². The fraction of sp³-hybridized carbons (Fsp3) is 0.143. The van der Waals surface area contributed by atoms with E-state index in [-0.39, 0.29) is 12.1 Å². The molecule has 4 nitrogen and oxygen atoms in total. The Balaban J connectivity index is 2.30. The first kappa shape index (κ1) is 14.6. The minimum Gasteiger partial charge on any atom is -0.324 e. The average molecular weight is 339 g/mol. The Bertz CT molecular complexity index is 649. The van der Waals surface area contributed by atoms with Crippen LogP contribution in [0, 0.1) is 15.9 Å². The lowest BCUT2D eigenvalue weighted by Gasteiger charge is -2.13. The molecule has 0 radical (unpaired) electrons. The van der Waals surface area contributed by atoms with Gasteiger partial charge in [0.2, 0.25) is 0 Å². The molecule has 0 saturated carbocycles. The normalized spacial score (nSPS) is 12.2. The number of nitrogens with two attached hydrogens (primary N) is 1. The summed E-state index contributed by atoms with van der Waals surface area (Å²) in [6.45, 7) is 0. The third-order valence-electron chi connectivity index (χ3n) is 2.99. The molecule has 2 N–H and O–H groups in total. The van der Waals surface area contributed by atoms with Crippen molar-refractivity contribution in [3.8, 4) is 0 Å². The molecule has 0 aliphatic carbocycles. The number of nitro benzene ring substituents is 1. The third kappa shape index (κ3) is 3.20. The zero-order valence-electron chi connectivity index (χ0n) is 10.4. The number of rotatable bonds is 4. The third-order valence-corrected chi connectivity index (χ3v) is 3.48. The Morgan fingerprint density at radius 1 is 1.30 bits per heavy atom. The molecule has 0 saturated heterocycles. The number of hydrogen-bond acceptors (Lipinski definition) is 3. The minimum atomic E-state index is -0.645. The highest BCUT2D eigenvalue weighted by atomic mass is 79.9. The largest absolute Gasteiger partial charge is 0.324 e. The molecule has 0 heterocycles. The summed E-state index contributed by atoms with van der Waals surface area (Å²) in [5.41, 5.74) is 6.80. The second-order valence-electron chi connectivity index (χ2n) is 4.36. The van der Waals surface area contributed by atoms with E-state index in [1.54, 1.807) is 30.3 Å². The van der Waals surface area contributed by atoms with Crippen molar-refractivity contribution in [2.24, 2.45) is 5.73 Å². The molecule has 0 amide bonds. The highest BCUT2D eigenvalue weighted by molar-refractivity contribution is 9.10. The van der Waals surface area contributed by atoms with Crippen molar-refractivity contribution in [1.29, 1.82) is 0 Å². The van der Waals surface area contributed by atoms with E-state index in [0.29, 0.717) is 15.6 Å². The molecule has 0 spiro atoms. The first-order chi connectivity index (χ1) is 9.49. The standard InChI is InChI=1S/C14H12BrFN2O2/c15-10-5-6-12(16)11(8-10)13(17)7-9-3-1-2-4-14(9)18(19)20/h1-6,8,13H,7,17H2. The van der Waals surface area contributed by atoms with Crippen LogP contribution in [0.5, 0.6) is 0 Å². The molecule has 104 valence electrons. The Kier molecular flexibility index (Phi) is 4.46. The predicted octanol–water partition coefficient (Wildman–Crippen LogP) is 3.74. The van der Waals surface area contributed by atoms with Crippen molar-refractivity contribution in [3.63, 3.8) is 0 Å². The molecule has 0 aliphatic heterocycles. The van der Waals surface area contributed by atoms with Crippen LogP contribution in [0.1, 0.15) is 17.2 Å². The Morgan fingerprint density at radius 3 is 2.70 bits per heavy atom. The van der Waals surface area contributed by atoms with E-state index >= 15 is 0 Å². The minimum absolute atomic E-state index is 0.00152. The number of hydrogen-bond donors (Lipinski definition) is 1. The van der Waals surface area contributed by atoms with Crippen molar-refractivity contribution in [2.75, 3.05) is 0 Å². The van der Waals surface area contributed by atoms with Gasteiger partial charge in [-0.2, -0.15) is 0 Å². The maximum Gasteiger partial charge on any atom is 0.272 e. The lowest BCUT2D eigenvalue weighted by molar-refractivity contribution is -0.385.